The second kappa shape index (κ2) is 5.51. The molecule has 0 saturated heterocycles. The highest BCUT2D eigenvalue weighted by Crippen LogP contribution is 2.26. The second-order valence-electron chi connectivity index (χ2n) is 3.65. The fraction of sp³-hybridized carbons (Fsp3) is 1.00. The molecule has 0 radical (unpaired) electrons. The summed E-state index contributed by atoms with van der Waals surface area (Å²) in [4.78, 5) is 0. The first-order chi connectivity index (χ1) is 5.24. The zero-order chi connectivity index (χ0) is 8.27. The first-order valence-electron chi connectivity index (χ1n) is 4.67. The Bertz CT molecular complexity index is 111. The van der Waals surface area contributed by atoms with Crippen LogP contribution in [0.2, 0.25) is 0 Å². The lowest BCUT2D eigenvalue weighted by Crippen LogP contribution is -2.31. The molecule has 0 spiro atoms. The van der Waals surface area contributed by atoms with Crippen molar-refractivity contribution in [3.05, 3.63) is 0 Å². The molecule has 12 heavy (non-hydrogen) atoms. The van der Waals surface area contributed by atoms with Gasteiger partial charge in [-0.15, -0.1) is 0 Å². The predicted octanol–water partition coefficient (Wildman–Crippen LogP) is 0.450. The van der Waals surface area contributed by atoms with E-state index in [0.29, 0.717) is 12.0 Å². The summed E-state index contributed by atoms with van der Waals surface area (Å²) < 4.78 is 0. The molecule has 1 rings (SSSR count). The largest absolute Gasteiger partial charge is 0.412 e. The van der Waals surface area contributed by atoms with Crippen molar-refractivity contribution in [1.82, 2.24) is 0 Å². The molecule has 0 heterocycles. The lowest BCUT2D eigenvalue weighted by molar-refractivity contribution is 0.0783. The molecule has 1 atom stereocenters. The van der Waals surface area contributed by atoms with Crippen LogP contribution in [-0.2, 0) is 0 Å². The second-order valence-corrected chi connectivity index (χ2v) is 3.65. The zero-order valence-corrected chi connectivity index (χ0v) is 7.79. The van der Waals surface area contributed by atoms with E-state index in [0.717, 1.165) is 32.1 Å². The van der Waals surface area contributed by atoms with Crippen LogP contribution in [0.15, 0.2) is 0 Å². The van der Waals surface area contributed by atoms with Crippen LogP contribution in [0.3, 0.4) is 0 Å². The minimum absolute atomic E-state index is 0. The van der Waals surface area contributed by atoms with E-state index >= 15 is 0 Å². The Morgan fingerprint density at radius 1 is 1.33 bits per heavy atom. The molecule has 0 aromatic carbocycles. The van der Waals surface area contributed by atoms with Crippen LogP contribution in [0.1, 0.15) is 39.0 Å². The minimum Gasteiger partial charge on any atom is -0.412 e. The van der Waals surface area contributed by atoms with E-state index in [2.05, 4.69) is 0 Å². The fourth-order valence-electron chi connectivity index (χ4n) is 1.86. The lowest BCUT2D eigenvalue weighted by Gasteiger charge is -2.29. The molecule has 5 N–H and O–H groups in total. The van der Waals surface area contributed by atoms with Crippen molar-refractivity contribution in [2.45, 2.75) is 51.2 Å². The van der Waals surface area contributed by atoms with Crippen molar-refractivity contribution in [2.75, 3.05) is 0 Å². The highest BCUT2D eigenvalue weighted by molar-refractivity contribution is 4.78. The molecule has 0 bridgehead atoms. The molecular weight excluding hydrogens is 154 g/mol. The average molecular weight is 175 g/mol. The molecule has 1 aliphatic rings. The first kappa shape index (κ1) is 11.9. The summed E-state index contributed by atoms with van der Waals surface area (Å²) in [6.45, 7) is 2.04. The summed E-state index contributed by atoms with van der Waals surface area (Å²) in [5, 5.41) is 9.53. The normalized spacial score (nSPS) is 32.2. The summed E-state index contributed by atoms with van der Waals surface area (Å²) in [7, 11) is 0. The van der Waals surface area contributed by atoms with Crippen LogP contribution in [-0.4, -0.2) is 22.7 Å². The van der Waals surface area contributed by atoms with Gasteiger partial charge in [-0.2, -0.15) is 0 Å². The monoisotopic (exact) mass is 175 g/mol. The van der Waals surface area contributed by atoms with Gasteiger partial charge in [0.15, 0.2) is 0 Å². The summed E-state index contributed by atoms with van der Waals surface area (Å²) in [5.41, 5.74) is 5.76. The van der Waals surface area contributed by atoms with Gasteiger partial charge in [-0.05, 0) is 38.0 Å². The van der Waals surface area contributed by atoms with Crippen molar-refractivity contribution in [2.24, 2.45) is 11.7 Å². The highest BCUT2D eigenvalue weighted by Gasteiger charge is 2.23. The predicted molar refractivity (Wildman–Crippen MR) is 49.8 cm³/mol. The van der Waals surface area contributed by atoms with Gasteiger partial charge < -0.3 is 16.3 Å². The molecular formula is C9H21NO2. The van der Waals surface area contributed by atoms with E-state index in [9.17, 15) is 5.11 Å². The van der Waals surface area contributed by atoms with Gasteiger partial charge in [0.1, 0.15) is 0 Å². The smallest absolute Gasteiger partial charge is 0.0565 e. The molecule has 0 amide bonds. The van der Waals surface area contributed by atoms with E-state index in [4.69, 9.17) is 5.73 Å². The molecule has 3 heteroatoms. The standard InChI is InChI=1S/C9H19NO.H2O/c1-2-9(11)7-3-5-8(10)6-4-7;/h7-9,11H,2-6,10H2,1H3;1H2. The SMILES string of the molecule is CCC(O)C1CCC(N)CC1.O. The quantitative estimate of drug-likeness (QED) is 0.639. The molecule has 3 nitrogen and oxygen atoms in total. The third-order valence-corrected chi connectivity index (χ3v) is 2.78. The summed E-state index contributed by atoms with van der Waals surface area (Å²) in [6, 6.07) is 0.398. The van der Waals surface area contributed by atoms with E-state index in [1.165, 1.54) is 0 Å². The van der Waals surface area contributed by atoms with E-state index in [-0.39, 0.29) is 11.6 Å². The van der Waals surface area contributed by atoms with Crippen molar-refractivity contribution >= 4 is 0 Å². The Morgan fingerprint density at radius 2 is 1.83 bits per heavy atom. The third kappa shape index (κ3) is 3.09. The van der Waals surface area contributed by atoms with Gasteiger partial charge in [0.2, 0.25) is 0 Å². The van der Waals surface area contributed by atoms with Crippen molar-refractivity contribution < 1.29 is 10.6 Å². The Morgan fingerprint density at radius 3 is 2.25 bits per heavy atom. The van der Waals surface area contributed by atoms with E-state index in [1.807, 2.05) is 6.92 Å². The third-order valence-electron chi connectivity index (χ3n) is 2.78. The Balaban J connectivity index is 0.00000121. The van der Waals surface area contributed by atoms with Gasteiger partial charge in [0.05, 0.1) is 6.10 Å². The van der Waals surface area contributed by atoms with Crippen LogP contribution in [0.5, 0.6) is 0 Å². The Labute approximate surface area is 74.3 Å². The highest BCUT2D eigenvalue weighted by atomic mass is 16.3. The number of hydrogen-bond acceptors (Lipinski definition) is 2. The molecule has 1 unspecified atom stereocenters. The van der Waals surface area contributed by atoms with Crippen molar-refractivity contribution in [1.29, 1.82) is 0 Å². The first-order valence-corrected chi connectivity index (χ1v) is 4.67. The van der Waals surface area contributed by atoms with Gasteiger partial charge in [-0.3, -0.25) is 0 Å². The molecule has 1 fully saturated rings. The van der Waals surface area contributed by atoms with Crippen molar-refractivity contribution in [3.63, 3.8) is 0 Å². The molecule has 1 saturated carbocycles. The minimum atomic E-state index is -0.0810. The molecule has 1 aliphatic carbocycles. The lowest BCUT2D eigenvalue weighted by atomic mass is 9.82. The molecule has 0 aromatic rings. The van der Waals surface area contributed by atoms with E-state index in [1.54, 1.807) is 0 Å². The topological polar surface area (TPSA) is 77.8 Å². The molecule has 0 aliphatic heterocycles. The average Bonchev–Trinajstić information content (AvgIpc) is 2.05. The van der Waals surface area contributed by atoms with E-state index < -0.39 is 0 Å². The van der Waals surface area contributed by atoms with Gasteiger partial charge in [-0.25, -0.2) is 0 Å². The number of aliphatic hydroxyl groups is 1. The van der Waals surface area contributed by atoms with Crippen LogP contribution >= 0.6 is 0 Å². The summed E-state index contributed by atoms with van der Waals surface area (Å²) in [6.07, 6.45) is 5.25. The van der Waals surface area contributed by atoms with Crippen LogP contribution in [0, 0.1) is 5.92 Å². The van der Waals surface area contributed by atoms with Gasteiger partial charge in [0.25, 0.3) is 0 Å². The Hall–Kier alpha value is -0.120. The maximum absolute atomic E-state index is 9.53. The number of aliphatic hydroxyl groups excluding tert-OH is 1. The number of rotatable bonds is 2. The summed E-state index contributed by atoms with van der Waals surface area (Å²) >= 11 is 0. The van der Waals surface area contributed by atoms with Gasteiger partial charge in [0, 0.05) is 6.04 Å². The van der Waals surface area contributed by atoms with Crippen LogP contribution in [0.4, 0.5) is 0 Å². The van der Waals surface area contributed by atoms with Gasteiger partial charge >= 0.3 is 0 Å². The number of nitrogens with two attached hydrogens (primary N) is 1. The van der Waals surface area contributed by atoms with Crippen molar-refractivity contribution in [3.8, 4) is 0 Å². The molecule has 74 valence electrons. The van der Waals surface area contributed by atoms with Crippen LogP contribution < -0.4 is 5.73 Å². The van der Waals surface area contributed by atoms with Gasteiger partial charge in [-0.1, -0.05) is 6.92 Å². The number of hydrogen-bond donors (Lipinski definition) is 2. The Kier molecular flexibility index (Phi) is 5.46. The maximum atomic E-state index is 9.53. The maximum Gasteiger partial charge on any atom is 0.0565 e. The fourth-order valence-corrected chi connectivity index (χ4v) is 1.86. The summed E-state index contributed by atoms with van der Waals surface area (Å²) in [5.74, 6) is 0.528. The van der Waals surface area contributed by atoms with Crippen LogP contribution in [0.25, 0.3) is 0 Å². The zero-order valence-electron chi connectivity index (χ0n) is 7.79. The molecule has 0 aromatic heterocycles.